The highest BCUT2D eigenvalue weighted by Gasteiger charge is 2.07. The van der Waals surface area contributed by atoms with E-state index in [1.165, 1.54) is 6.07 Å². The molecule has 0 atom stereocenters. The van der Waals surface area contributed by atoms with Gasteiger partial charge in [0.2, 0.25) is 0 Å². The van der Waals surface area contributed by atoms with Crippen LogP contribution < -0.4 is 0 Å². The molecule has 0 aliphatic carbocycles. The van der Waals surface area contributed by atoms with Gasteiger partial charge in [0.05, 0.1) is 0 Å². The van der Waals surface area contributed by atoms with Crippen molar-refractivity contribution >= 4 is 25.8 Å². The van der Waals surface area contributed by atoms with Crippen molar-refractivity contribution in [3.8, 4) is 0 Å². The van der Waals surface area contributed by atoms with Crippen molar-refractivity contribution in [1.29, 1.82) is 0 Å². The Balaban J connectivity index is 3.28. The number of hydrogen-bond acceptors (Lipinski definition) is 3. The van der Waals surface area contributed by atoms with Crippen molar-refractivity contribution in [3.05, 3.63) is 22.8 Å². The predicted molar refractivity (Wildman–Crippen MR) is 45.0 cm³/mol. The number of nitrogens with zero attached hydrogens (tertiary/aromatic N) is 1. The van der Waals surface area contributed by atoms with Crippen molar-refractivity contribution < 1.29 is 8.42 Å². The Morgan fingerprint density at radius 2 is 2.09 bits per heavy atom. The molecule has 1 heterocycles. The fraction of sp³-hybridized carbons (Fsp3) is 0.167. The number of halogens is 1. The van der Waals surface area contributed by atoms with Crippen LogP contribution in [0.15, 0.2) is 27.8 Å². The van der Waals surface area contributed by atoms with Gasteiger partial charge in [0.25, 0.3) is 0 Å². The van der Waals surface area contributed by atoms with Crippen LogP contribution in [0.1, 0.15) is 0 Å². The maximum Gasteiger partial charge on any atom is 0.192 e. The number of hydrogen-bond donors (Lipinski definition) is 0. The van der Waals surface area contributed by atoms with E-state index in [1.807, 2.05) is 0 Å². The summed E-state index contributed by atoms with van der Waals surface area (Å²) in [5.41, 5.74) is 0. The first kappa shape index (κ1) is 8.67. The van der Waals surface area contributed by atoms with E-state index in [0.29, 0.717) is 4.60 Å². The van der Waals surface area contributed by atoms with Gasteiger partial charge in [0.15, 0.2) is 14.9 Å². The van der Waals surface area contributed by atoms with Gasteiger partial charge in [-0.05, 0) is 28.1 Å². The number of sulfone groups is 1. The molecular weight excluding hydrogens is 230 g/mol. The van der Waals surface area contributed by atoms with Crippen LogP contribution in [-0.4, -0.2) is 19.7 Å². The molecule has 3 nitrogen and oxygen atoms in total. The smallest absolute Gasteiger partial charge is 0.192 e. The fourth-order valence-electron chi connectivity index (χ4n) is 0.596. The Kier molecular flexibility index (Phi) is 2.29. The monoisotopic (exact) mass is 235 g/mol. The summed E-state index contributed by atoms with van der Waals surface area (Å²) in [6.07, 6.45) is 1.13. The summed E-state index contributed by atoms with van der Waals surface area (Å²) in [5, 5.41) is 0.0897. The molecule has 0 aliphatic heterocycles. The number of aromatic nitrogens is 1. The maximum atomic E-state index is 10.9. The second kappa shape index (κ2) is 2.91. The van der Waals surface area contributed by atoms with Gasteiger partial charge in [-0.1, -0.05) is 6.07 Å². The molecule has 1 rings (SSSR count). The normalized spacial score (nSPS) is 11.5. The summed E-state index contributed by atoms with van der Waals surface area (Å²) in [7, 11) is -3.17. The molecule has 0 fully saturated rings. The van der Waals surface area contributed by atoms with Gasteiger partial charge in [0.1, 0.15) is 4.60 Å². The van der Waals surface area contributed by atoms with E-state index >= 15 is 0 Å². The minimum absolute atomic E-state index is 0.0897. The van der Waals surface area contributed by atoms with Gasteiger partial charge in [-0.25, -0.2) is 13.4 Å². The van der Waals surface area contributed by atoms with E-state index in [0.717, 1.165) is 6.26 Å². The largest absolute Gasteiger partial charge is 0.229 e. The first-order valence-corrected chi connectivity index (χ1v) is 5.51. The van der Waals surface area contributed by atoms with Gasteiger partial charge in [-0.3, -0.25) is 0 Å². The highest BCUT2D eigenvalue weighted by Crippen LogP contribution is 2.09. The molecule has 0 saturated heterocycles. The Hall–Kier alpha value is -0.420. The molecule has 0 amide bonds. The third kappa shape index (κ3) is 2.27. The summed E-state index contributed by atoms with van der Waals surface area (Å²) < 4.78 is 22.3. The molecule has 0 saturated carbocycles. The van der Waals surface area contributed by atoms with Gasteiger partial charge in [-0.2, -0.15) is 0 Å². The van der Waals surface area contributed by atoms with Crippen LogP contribution in [0.25, 0.3) is 0 Å². The fourth-order valence-corrected chi connectivity index (χ4v) is 1.65. The Bertz CT molecular complexity index is 361. The quantitative estimate of drug-likeness (QED) is 0.689. The lowest BCUT2D eigenvalue weighted by atomic mass is 10.5. The lowest BCUT2D eigenvalue weighted by Gasteiger charge is -1.95. The maximum absolute atomic E-state index is 10.9. The van der Waals surface area contributed by atoms with Gasteiger partial charge in [-0.15, -0.1) is 0 Å². The molecule has 1 aromatic rings. The van der Waals surface area contributed by atoms with E-state index < -0.39 is 9.84 Å². The minimum Gasteiger partial charge on any atom is -0.229 e. The lowest BCUT2D eigenvalue weighted by molar-refractivity contribution is 0.598. The zero-order chi connectivity index (χ0) is 8.48. The molecule has 5 heteroatoms. The molecule has 1 aromatic heterocycles. The topological polar surface area (TPSA) is 47.0 Å². The van der Waals surface area contributed by atoms with Crippen LogP contribution in [0.3, 0.4) is 0 Å². The first-order chi connectivity index (χ1) is 5.00. The van der Waals surface area contributed by atoms with Crippen LogP contribution in [0.5, 0.6) is 0 Å². The summed E-state index contributed by atoms with van der Waals surface area (Å²) in [6, 6.07) is 4.77. The summed E-state index contributed by atoms with van der Waals surface area (Å²) in [5.74, 6) is 0. The lowest BCUT2D eigenvalue weighted by Crippen LogP contribution is -1.99. The van der Waals surface area contributed by atoms with Crippen LogP contribution >= 0.6 is 15.9 Å². The van der Waals surface area contributed by atoms with Crippen molar-refractivity contribution in [1.82, 2.24) is 4.98 Å². The third-order valence-corrected chi connectivity index (χ3v) is 2.50. The van der Waals surface area contributed by atoms with Crippen LogP contribution in [0.4, 0.5) is 0 Å². The van der Waals surface area contributed by atoms with Crippen molar-refractivity contribution in [2.45, 2.75) is 5.03 Å². The molecule has 0 radical (unpaired) electrons. The highest BCUT2D eigenvalue weighted by atomic mass is 79.9. The van der Waals surface area contributed by atoms with Crippen molar-refractivity contribution in [2.24, 2.45) is 0 Å². The molecule has 0 aliphatic rings. The zero-order valence-corrected chi connectivity index (χ0v) is 8.18. The van der Waals surface area contributed by atoms with Crippen LogP contribution in [0, 0.1) is 0 Å². The van der Waals surface area contributed by atoms with E-state index in [9.17, 15) is 8.42 Å². The Labute approximate surface area is 73.5 Å². The van der Waals surface area contributed by atoms with Gasteiger partial charge < -0.3 is 0 Å². The van der Waals surface area contributed by atoms with Crippen molar-refractivity contribution in [3.63, 3.8) is 0 Å². The number of pyridine rings is 1. The van der Waals surface area contributed by atoms with E-state index in [2.05, 4.69) is 20.9 Å². The van der Waals surface area contributed by atoms with E-state index in [-0.39, 0.29) is 5.03 Å². The third-order valence-electron chi connectivity index (χ3n) is 1.07. The van der Waals surface area contributed by atoms with Gasteiger partial charge >= 0.3 is 0 Å². The molecule has 0 N–H and O–H groups in total. The average Bonchev–Trinajstić information content (AvgIpc) is 1.86. The minimum atomic E-state index is -3.17. The average molecular weight is 236 g/mol. The zero-order valence-electron chi connectivity index (χ0n) is 5.78. The van der Waals surface area contributed by atoms with Crippen LogP contribution in [0.2, 0.25) is 0 Å². The molecule has 0 unspecified atom stereocenters. The highest BCUT2D eigenvalue weighted by molar-refractivity contribution is 9.10. The molecule has 0 spiro atoms. The molecule has 60 valence electrons. The van der Waals surface area contributed by atoms with Gasteiger partial charge in [0, 0.05) is 6.26 Å². The predicted octanol–water partition coefficient (Wildman–Crippen LogP) is 1.25. The second-order valence-electron chi connectivity index (χ2n) is 2.07. The second-order valence-corrected chi connectivity index (χ2v) is 4.85. The summed E-state index contributed by atoms with van der Waals surface area (Å²) in [4.78, 5) is 3.77. The molecular formula is C6H6BrNO2S. The summed E-state index contributed by atoms with van der Waals surface area (Å²) >= 11 is 3.08. The Morgan fingerprint density at radius 1 is 1.45 bits per heavy atom. The molecule has 0 bridgehead atoms. The Morgan fingerprint density at radius 3 is 2.45 bits per heavy atom. The molecule has 11 heavy (non-hydrogen) atoms. The van der Waals surface area contributed by atoms with Crippen LogP contribution in [-0.2, 0) is 9.84 Å². The standard InChI is InChI=1S/C6H6BrNO2S/c1-11(9,10)6-4-2-3-5(7)8-6/h2-4H,1H3. The SMILES string of the molecule is CS(=O)(=O)c1cccc(Br)n1. The van der Waals surface area contributed by atoms with E-state index in [4.69, 9.17) is 0 Å². The first-order valence-electron chi connectivity index (χ1n) is 2.83. The molecule has 0 aromatic carbocycles. The number of rotatable bonds is 1. The summed E-state index contributed by atoms with van der Waals surface area (Å²) in [6.45, 7) is 0. The van der Waals surface area contributed by atoms with E-state index in [1.54, 1.807) is 12.1 Å². The van der Waals surface area contributed by atoms with Crippen molar-refractivity contribution in [2.75, 3.05) is 6.26 Å².